The standard InChI is InChI=1S/C17H22N2O3/c1-17(2)11-19(9-13(22-17)10-21-3)16(20)14-6-4-5-12-7-8-18-15(12)14/h4-8,13,18H,9-11H2,1-3H3/t13-/m0/s1. The lowest BCUT2D eigenvalue weighted by molar-refractivity contribution is -0.143. The summed E-state index contributed by atoms with van der Waals surface area (Å²) < 4.78 is 11.2. The summed E-state index contributed by atoms with van der Waals surface area (Å²) in [6.07, 6.45) is 1.76. The Morgan fingerprint density at radius 2 is 2.27 bits per heavy atom. The van der Waals surface area contributed by atoms with E-state index in [9.17, 15) is 4.79 Å². The van der Waals surface area contributed by atoms with E-state index in [-0.39, 0.29) is 17.6 Å². The number of amides is 1. The summed E-state index contributed by atoms with van der Waals surface area (Å²) in [6.45, 7) is 5.62. The van der Waals surface area contributed by atoms with Crippen molar-refractivity contribution in [3.8, 4) is 0 Å². The largest absolute Gasteiger partial charge is 0.382 e. The molecule has 118 valence electrons. The van der Waals surface area contributed by atoms with Crippen LogP contribution in [0.15, 0.2) is 30.5 Å². The minimum atomic E-state index is -0.374. The van der Waals surface area contributed by atoms with Crippen molar-refractivity contribution in [1.82, 2.24) is 9.88 Å². The third-order valence-corrected chi connectivity index (χ3v) is 3.94. The third kappa shape index (κ3) is 2.87. The van der Waals surface area contributed by atoms with E-state index in [4.69, 9.17) is 9.47 Å². The van der Waals surface area contributed by atoms with Crippen molar-refractivity contribution in [3.63, 3.8) is 0 Å². The SMILES string of the molecule is COC[C@@H]1CN(C(=O)c2cccc3cc[nH]c23)CC(C)(C)O1. The summed E-state index contributed by atoms with van der Waals surface area (Å²) in [4.78, 5) is 18.0. The lowest BCUT2D eigenvalue weighted by atomic mass is 10.0. The summed E-state index contributed by atoms with van der Waals surface area (Å²) >= 11 is 0. The number of hydrogen-bond acceptors (Lipinski definition) is 3. The van der Waals surface area contributed by atoms with Crippen molar-refractivity contribution in [2.75, 3.05) is 26.8 Å². The van der Waals surface area contributed by atoms with Gasteiger partial charge in [-0.25, -0.2) is 0 Å². The second kappa shape index (κ2) is 5.74. The lowest BCUT2D eigenvalue weighted by Gasteiger charge is -2.42. The average Bonchev–Trinajstić information content (AvgIpc) is 2.93. The molecule has 0 spiro atoms. The van der Waals surface area contributed by atoms with Crippen molar-refractivity contribution in [2.45, 2.75) is 25.6 Å². The summed E-state index contributed by atoms with van der Waals surface area (Å²) in [5.41, 5.74) is 1.22. The highest BCUT2D eigenvalue weighted by Gasteiger charge is 2.36. The molecule has 3 rings (SSSR count). The van der Waals surface area contributed by atoms with Gasteiger partial charge in [-0.1, -0.05) is 12.1 Å². The number of carbonyl (C=O) groups is 1. The van der Waals surface area contributed by atoms with Gasteiger partial charge in [-0.05, 0) is 26.0 Å². The molecule has 1 aliphatic rings. The van der Waals surface area contributed by atoms with Crippen LogP contribution >= 0.6 is 0 Å². The smallest absolute Gasteiger partial charge is 0.256 e. The van der Waals surface area contributed by atoms with Crippen molar-refractivity contribution in [2.24, 2.45) is 0 Å². The van der Waals surface area contributed by atoms with Gasteiger partial charge in [-0.3, -0.25) is 4.79 Å². The van der Waals surface area contributed by atoms with Gasteiger partial charge >= 0.3 is 0 Å². The van der Waals surface area contributed by atoms with Gasteiger partial charge in [0, 0.05) is 31.8 Å². The van der Waals surface area contributed by atoms with Crippen LogP contribution in [0.25, 0.3) is 10.9 Å². The monoisotopic (exact) mass is 302 g/mol. The normalized spacial score (nSPS) is 21.2. The first kappa shape index (κ1) is 15.1. The number of methoxy groups -OCH3 is 1. The Hall–Kier alpha value is -1.85. The van der Waals surface area contributed by atoms with E-state index in [1.54, 1.807) is 7.11 Å². The molecule has 0 bridgehead atoms. The first-order chi connectivity index (χ1) is 10.5. The van der Waals surface area contributed by atoms with E-state index in [0.29, 0.717) is 25.3 Å². The van der Waals surface area contributed by atoms with Crippen LogP contribution in [-0.4, -0.2) is 54.3 Å². The van der Waals surface area contributed by atoms with Gasteiger partial charge in [-0.2, -0.15) is 0 Å². The predicted octanol–water partition coefficient (Wildman–Crippen LogP) is 2.43. The van der Waals surface area contributed by atoms with Gasteiger partial charge in [0.2, 0.25) is 0 Å². The molecule has 1 aromatic heterocycles. The van der Waals surface area contributed by atoms with Crippen LogP contribution in [0.3, 0.4) is 0 Å². The predicted molar refractivity (Wildman–Crippen MR) is 85.0 cm³/mol. The van der Waals surface area contributed by atoms with Gasteiger partial charge in [-0.15, -0.1) is 0 Å². The number of ether oxygens (including phenoxy) is 2. The molecule has 2 aromatic rings. The molecular weight excluding hydrogens is 280 g/mol. The molecule has 22 heavy (non-hydrogen) atoms. The second-order valence-electron chi connectivity index (χ2n) is 6.39. The molecule has 0 saturated carbocycles. The molecule has 1 N–H and O–H groups in total. The quantitative estimate of drug-likeness (QED) is 0.947. The van der Waals surface area contributed by atoms with Gasteiger partial charge in [0.25, 0.3) is 5.91 Å². The lowest BCUT2D eigenvalue weighted by Crippen LogP contribution is -2.55. The molecule has 0 unspecified atom stereocenters. The fourth-order valence-corrected chi connectivity index (χ4v) is 3.16. The number of benzene rings is 1. The van der Waals surface area contributed by atoms with Crippen LogP contribution < -0.4 is 0 Å². The topological polar surface area (TPSA) is 54.6 Å². The maximum absolute atomic E-state index is 13.0. The Kier molecular flexibility index (Phi) is 3.93. The van der Waals surface area contributed by atoms with E-state index in [1.807, 2.05) is 49.2 Å². The molecule has 1 aromatic carbocycles. The van der Waals surface area contributed by atoms with Crippen molar-refractivity contribution in [1.29, 1.82) is 0 Å². The summed E-state index contributed by atoms with van der Waals surface area (Å²) in [5.74, 6) is 0.0329. The first-order valence-electron chi connectivity index (χ1n) is 7.52. The summed E-state index contributed by atoms with van der Waals surface area (Å²) in [7, 11) is 1.65. The molecule has 1 fully saturated rings. The summed E-state index contributed by atoms with van der Waals surface area (Å²) in [6, 6.07) is 7.76. The number of morpholine rings is 1. The number of carbonyl (C=O) groups excluding carboxylic acids is 1. The molecule has 0 aliphatic carbocycles. The maximum Gasteiger partial charge on any atom is 0.256 e. The number of nitrogens with one attached hydrogen (secondary N) is 1. The average molecular weight is 302 g/mol. The molecule has 1 atom stereocenters. The first-order valence-corrected chi connectivity index (χ1v) is 7.52. The van der Waals surface area contributed by atoms with Crippen LogP contribution in [0.5, 0.6) is 0 Å². The minimum Gasteiger partial charge on any atom is -0.382 e. The van der Waals surface area contributed by atoms with E-state index >= 15 is 0 Å². The van der Waals surface area contributed by atoms with Gasteiger partial charge in [0.05, 0.1) is 29.4 Å². The van der Waals surface area contributed by atoms with E-state index in [1.165, 1.54) is 0 Å². The molecule has 1 aliphatic heterocycles. The zero-order chi connectivity index (χ0) is 15.7. The molecular formula is C17H22N2O3. The summed E-state index contributed by atoms with van der Waals surface area (Å²) in [5, 5.41) is 1.05. The number of rotatable bonds is 3. The van der Waals surface area contributed by atoms with Crippen LogP contribution in [0.2, 0.25) is 0 Å². The van der Waals surface area contributed by atoms with Crippen molar-refractivity contribution in [3.05, 3.63) is 36.0 Å². The number of nitrogens with zero attached hydrogens (tertiary/aromatic N) is 1. The van der Waals surface area contributed by atoms with Crippen LogP contribution in [-0.2, 0) is 9.47 Å². The highest BCUT2D eigenvalue weighted by Crippen LogP contribution is 2.25. The van der Waals surface area contributed by atoms with Gasteiger partial charge in [0.1, 0.15) is 0 Å². The fraction of sp³-hybridized carbons (Fsp3) is 0.471. The second-order valence-corrected chi connectivity index (χ2v) is 6.39. The number of fused-ring (bicyclic) bond motifs is 1. The van der Waals surface area contributed by atoms with E-state index < -0.39 is 0 Å². The number of H-pyrrole nitrogens is 1. The molecule has 5 nitrogen and oxygen atoms in total. The Bertz CT molecular complexity index is 677. The Morgan fingerprint density at radius 1 is 1.45 bits per heavy atom. The van der Waals surface area contributed by atoms with Crippen LogP contribution in [0.1, 0.15) is 24.2 Å². The maximum atomic E-state index is 13.0. The Labute approximate surface area is 130 Å². The van der Waals surface area contributed by atoms with Crippen molar-refractivity contribution < 1.29 is 14.3 Å². The Balaban J connectivity index is 1.89. The molecule has 1 saturated heterocycles. The number of aromatic amines is 1. The Morgan fingerprint density at radius 3 is 3.05 bits per heavy atom. The molecule has 5 heteroatoms. The molecule has 1 amide bonds. The highest BCUT2D eigenvalue weighted by atomic mass is 16.5. The number of aromatic nitrogens is 1. The van der Waals surface area contributed by atoms with Gasteiger partial charge in [0.15, 0.2) is 0 Å². The molecule has 0 radical (unpaired) electrons. The minimum absolute atomic E-state index is 0.0329. The number of hydrogen-bond donors (Lipinski definition) is 1. The highest BCUT2D eigenvalue weighted by molar-refractivity contribution is 6.05. The van der Waals surface area contributed by atoms with Gasteiger partial charge < -0.3 is 19.4 Å². The molecule has 2 heterocycles. The fourth-order valence-electron chi connectivity index (χ4n) is 3.16. The van der Waals surface area contributed by atoms with E-state index in [2.05, 4.69) is 4.98 Å². The van der Waals surface area contributed by atoms with Crippen molar-refractivity contribution >= 4 is 16.8 Å². The van der Waals surface area contributed by atoms with Crippen LogP contribution in [0.4, 0.5) is 0 Å². The zero-order valence-corrected chi connectivity index (χ0v) is 13.3. The van der Waals surface area contributed by atoms with E-state index in [0.717, 1.165) is 10.9 Å². The van der Waals surface area contributed by atoms with Crippen LogP contribution in [0, 0.1) is 0 Å². The third-order valence-electron chi connectivity index (χ3n) is 3.94. The number of para-hydroxylation sites is 1. The zero-order valence-electron chi connectivity index (χ0n) is 13.3.